The second kappa shape index (κ2) is 26.0. The number of aromatic nitrogens is 8. The van der Waals surface area contributed by atoms with E-state index in [-0.39, 0.29) is 48.9 Å². The quantitative estimate of drug-likeness (QED) is 0.0822. The van der Waals surface area contributed by atoms with Crippen molar-refractivity contribution in [2.75, 3.05) is 40.4 Å². The molecule has 4 heterocycles. The summed E-state index contributed by atoms with van der Waals surface area (Å²) in [6.45, 7) is 8.54. The molecule has 2 aliphatic heterocycles. The third kappa shape index (κ3) is 14.3. The van der Waals surface area contributed by atoms with Gasteiger partial charge < -0.3 is 40.5 Å². The highest BCUT2D eigenvalue weighted by molar-refractivity contribution is 7.99. The van der Waals surface area contributed by atoms with Crippen LogP contribution in [0, 0.1) is 23.7 Å². The zero-order valence-corrected chi connectivity index (χ0v) is 40.8. The largest absolute Gasteiger partial charge is 0.363 e. The lowest BCUT2D eigenvalue weighted by Gasteiger charge is -2.32. The minimum Gasteiger partial charge on any atom is -0.363 e. The van der Waals surface area contributed by atoms with E-state index in [0.29, 0.717) is 36.5 Å². The molecule has 4 amide bonds. The lowest BCUT2D eigenvalue weighted by Crippen LogP contribution is -2.58. The molecule has 0 saturated carbocycles. The van der Waals surface area contributed by atoms with Crippen LogP contribution in [0.1, 0.15) is 53.4 Å². The lowest BCUT2D eigenvalue weighted by atomic mass is 10.1. The number of likely N-dealkylation sites (N-methyl/N-ethyl adjacent to an activating group) is 2. The second-order valence-corrected chi connectivity index (χ2v) is 18.5. The molecule has 6 rings (SSSR count). The Balaban J connectivity index is 1.04. The fourth-order valence-electron chi connectivity index (χ4n) is 7.62. The van der Waals surface area contributed by atoms with Gasteiger partial charge in [-0.3, -0.25) is 19.2 Å². The van der Waals surface area contributed by atoms with E-state index in [2.05, 4.69) is 76.0 Å². The van der Waals surface area contributed by atoms with Gasteiger partial charge in [-0.1, -0.05) is 48.2 Å². The summed E-state index contributed by atoms with van der Waals surface area (Å²) in [5, 5.41) is 37.5. The van der Waals surface area contributed by atoms with Gasteiger partial charge in [0.15, 0.2) is 0 Å². The molecule has 362 valence electrons. The molecule has 4 N–H and O–H groups in total. The molecule has 8 atom stereocenters. The molecule has 0 radical (unpaired) electrons. The van der Waals surface area contributed by atoms with E-state index >= 15 is 0 Å². The van der Waals surface area contributed by atoms with Gasteiger partial charge >= 0.3 is 0 Å². The number of likely N-dealkylation sites (tertiary alicyclic amines) is 2. The van der Waals surface area contributed by atoms with Crippen molar-refractivity contribution in [3.63, 3.8) is 0 Å². The fraction of sp³-hybridized carbons (Fsp3) is 0.522. The predicted octanol–water partition coefficient (Wildman–Crippen LogP) is 1.65. The third-order valence-electron chi connectivity index (χ3n) is 11.8. The van der Waals surface area contributed by atoms with Crippen molar-refractivity contribution in [2.45, 2.75) is 135 Å². The van der Waals surface area contributed by atoms with Gasteiger partial charge in [-0.25, -0.2) is 9.36 Å². The van der Waals surface area contributed by atoms with Crippen LogP contribution >= 0.6 is 23.5 Å². The maximum absolute atomic E-state index is 14.2. The Morgan fingerprint density at radius 1 is 0.647 bits per heavy atom. The zero-order chi connectivity index (χ0) is 48.4. The van der Waals surface area contributed by atoms with Crippen molar-refractivity contribution in [1.29, 1.82) is 0 Å². The summed E-state index contributed by atoms with van der Waals surface area (Å²) >= 11 is 2.88. The van der Waals surface area contributed by atoms with E-state index in [1.807, 2.05) is 60.7 Å². The van der Waals surface area contributed by atoms with Crippen LogP contribution in [0.25, 0.3) is 0 Å². The summed E-state index contributed by atoms with van der Waals surface area (Å²) in [6, 6.07) is 16.1. The normalized spacial score (nSPS) is 18.3. The molecule has 2 aliphatic rings. The molecule has 2 aromatic heterocycles. The van der Waals surface area contributed by atoms with Crippen LogP contribution in [0.2, 0.25) is 0 Å². The number of tetrazole rings is 2. The second-order valence-electron chi connectivity index (χ2n) is 16.4. The Kier molecular flexibility index (Phi) is 19.7. The van der Waals surface area contributed by atoms with Crippen molar-refractivity contribution in [1.82, 2.24) is 71.5 Å². The molecule has 2 saturated heterocycles. The van der Waals surface area contributed by atoms with Gasteiger partial charge in [0.25, 0.3) is 0 Å². The third-order valence-corrected chi connectivity index (χ3v) is 13.8. The van der Waals surface area contributed by atoms with Crippen LogP contribution in [-0.4, -0.2) is 163 Å². The van der Waals surface area contributed by atoms with Gasteiger partial charge in [0.2, 0.25) is 33.9 Å². The molecule has 0 aliphatic carbocycles. The number of hydrogen-bond donors (Lipinski definition) is 4. The maximum Gasteiger partial charge on any atom is 0.248 e. The first kappa shape index (κ1) is 51.5. The van der Waals surface area contributed by atoms with Crippen molar-refractivity contribution < 1.29 is 28.7 Å². The van der Waals surface area contributed by atoms with Gasteiger partial charge in [0.05, 0.1) is 49.5 Å². The molecule has 4 aromatic rings. The van der Waals surface area contributed by atoms with Crippen LogP contribution in [0.3, 0.4) is 0 Å². The number of carbonyl (C=O) groups excluding carboxylic acids is 4. The standard InChI is InChI=1S/C46H60N14O6S2/c1-31(47-5)41(61)49-39(43(63)57-25-17-19-35(57)29-59-45(51-53-55-59)67-37-21-11-9-12-22-37)33(3)65-27-15-7-8-16-28-66-34(4)40(50-42(62)32(2)48-6)44(64)58-26-18-20-36(58)30-60-46(52-54-56-60)68-38-23-13-10-14-24-38/h9-14,21-24,31-36,39-40,47-48H,17-20,25-30H2,1-6H3,(H,49,61)(H,50,62)/t31-,32-,33+,34?,35-,36-,39-,40-/m0/s1. The number of carbonyl (C=O) groups is 4. The van der Waals surface area contributed by atoms with Gasteiger partial charge in [-0.15, -0.1) is 10.2 Å². The smallest absolute Gasteiger partial charge is 0.248 e. The highest BCUT2D eigenvalue weighted by Gasteiger charge is 2.39. The number of nitrogens with one attached hydrogen (secondary N) is 4. The Bertz CT molecular complexity index is 2240. The van der Waals surface area contributed by atoms with Gasteiger partial charge in [0, 0.05) is 22.9 Å². The number of hydrogen-bond acceptors (Lipinski definition) is 16. The average Bonchev–Trinajstić information content (AvgIpc) is 4.20. The highest BCUT2D eigenvalue weighted by Crippen LogP contribution is 2.29. The van der Waals surface area contributed by atoms with Crippen molar-refractivity contribution >= 4 is 47.2 Å². The van der Waals surface area contributed by atoms with Crippen LogP contribution in [0.15, 0.2) is 80.8 Å². The van der Waals surface area contributed by atoms with Crippen LogP contribution in [-0.2, 0) is 41.7 Å². The molecule has 2 fully saturated rings. The molecule has 2 aromatic carbocycles. The summed E-state index contributed by atoms with van der Waals surface area (Å²) in [6.07, 6.45) is 1.58. The number of ether oxygens (including phenoxy) is 2. The minimum absolute atomic E-state index is 0.0667. The molecule has 0 bridgehead atoms. The predicted molar refractivity (Wildman–Crippen MR) is 254 cm³/mol. The zero-order valence-electron chi connectivity index (χ0n) is 39.2. The van der Waals surface area contributed by atoms with E-state index in [4.69, 9.17) is 9.47 Å². The van der Waals surface area contributed by atoms with Crippen molar-refractivity contribution in [2.24, 2.45) is 0 Å². The minimum atomic E-state index is -0.993. The molecule has 68 heavy (non-hydrogen) atoms. The first-order chi connectivity index (χ1) is 33.0. The summed E-state index contributed by atoms with van der Waals surface area (Å²) in [7, 11) is 3.34. The summed E-state index contributed by atoms with van der Waals surface area (Å²) < 4.78 is 15.5. The van der Waals surface area contributed by atoms with Crippen LogP contribution < -0.4 is 21.3 Å². The van der Waals surface area contributed by atoms with E-state index < -0.39 is 36.4 Å². The van der Waals surface area contributed by atoms with Gasteiger partial charge in [-0.2, -0.15) is 0 Å². The molecule has 20 nitrogen and oxygen atoms in total. The first-order valence-corrected chi connectivity index (χ1v) is 24.3. The van der Waals surface area contributed by atoms with E-state index in [1.165, 1.54) is 23.5 Å². The number of benzene rings is 2. The van der Waals surface area contributed by atoms with Crippen molar-refractivity contribution in [3.05, 3.63) is 60.7 Å². The maximum atomic E-state index is 14.2. The lowest BCUT2D eigenvalue weighted by molar-refractivity contribution is -0.142. The van der Waals surface area contributed by atoms with Gasteiger partial charge in [-0.05, 0) is 148 Å². The topological polar surface area (TPSA) is 229 Å². The monoisotopic (exact) mass is 968 g/mol. The van der Waals surface area contributed by atoms with E-state index in [9.17, 15) is 19.2 Å². The number of amides is 4. The highest BCUT2D eigenvalue weighted by atomic mass is 32.2. The average molecular weight is 969 g/mol. The van der Waals surface area contributed by atoms with Crippen molar-refractivity contribution in [3.8, 4) is 23.7 Å². The summed E-state index contributed by atoms with van der Waals surface area (Å²) in [5.41, 5.74) is 0. The number of nitrogens with zero attached hydrogens (tertiary/aromatic N) is 10. The molecule has 0 spiro atoms. The van der Waals surface area contributed by atoms with Crippen LogP contribution in [0.4, 0.5) is 0 Å². The Morgan fingerprint density at radius 3 is 1.43 bits per heavy atom. The van der Waals surface area contributed by atoms with E-state index in [1.54, 1.807) is 61.0 Å². The molecular weight excluding hydrogens is 909 g/mol. The summed E-state index contributed by atoms with van der Waals surface area (Å²) in [5.74, 6) is 10.00. The summed E-state index contributed by atoms with van der Waals surface area (Å²) in [4.78, 5) is 60.3. The molecular formula is C46H60N14O6S2. The number of rotatable bonds is 22. The first-order valence-electron chi connectivity index (χ1n) is 22.7. The Morgan fingerprint density at radius 2 is 1.04 bits per heavy atom. The Labute approximate surface area is 405 Å². The van der Waals surface area contributed by atoms with Crippen LogP contribution in [0.5, 0.6) is 0 Å². The van der Waals surface area contributed by atoms with E-state index in [0.717, 1.165) is 35.5 Å². The fourth-order valence-corrected chi connectivity index (χ4v) is 9.22. The molecule has 1 unspecified atom stereocenters. The SMILES string of the molecule is CN[C@@H](C)C(=O)N[C@H](C(=O)N1CCC[C@H]1Cn1nnnc1Sc1ccccc1)C(C)OCC#CC#CCO[C@H](C)[C@H](NC(=O)[C@H](C)NC)C(=O)N1CCC[C@H]1Cn1nnnc1Sc1ccccc1. The van der Waals surface area contributed by atoms with Gasteiger partial charge in [0.1, 0.15) is 25.3 Å². The molecule has 22 heteroatoms. The Hall–Kier alpha value is -5.88.